The first-order chi connectivity index (χ1) is 14.1. The Kier molecular flexibility index (Phi) is 10.1. The van der Waals surface area contributed by atoms with Gasteiger partial charge in [0.2, 0.25) is 0 Å². The van der Waals surface area contributed by atoms with E-state index in [-0.39, 0.29) is 6.04 Å². The Morgan fingerprint density at radius 3 is 2.59 bits per heavy atom. The summed E-state index contributed by atoms with van der Waals surface area (Å²) in [6, 6.07) is 5.89. The zero-order chi connectivity index (χ0) is 21.1. The number of hydrogen-bond donors (Lipinski definition) is 2. The minimum Gasteiger partial charge on any atom is -0.497 e. The van der Waals surface area contributed by atoms with Gasteiger partial charge in [-0.3, -0.25) is 4.99 Å². The molecule has 0 saturated carbocycles. The van der Waals surface area contributed by atoms with Gasteiger partial charge in [0, 0.05) is 32.3 Å². The number of hydrogen-bond acceptors (Lipinski definition) is 5. The van der Waals surface area contributed by atoms with Crippen molar-refractivity contribution >= 4 is 5.96 Å². The van der Waals surface area contributed by atoms with Crippen LogP contribution in [-0.2, 0) is 4.74 Å². The molecular formula is C22H38N4O3. The Morgan fingerprint density at radius 2 is 1.97 bits per heavy atom. The Hall–Kier alpha value is -1.99. The van der Waals surface area contributed by atoms with Gasteiger partial charge in [0.05, 0.1) is 26.9 Å². The highest BCUT2D eigenvalue weighted by Gasteiger charge is 2.19. The molecule has 164 valence electrons. The van der Waals surface area contributed by atoms with Crippen molar-refractivity contribution in [1.29, 1.82) is 0 Å². The molecule has 1 heterocycles. The van der Waals surface area contributed by atoms with E-state index < -0.39 is 0 Å². The maximum Gasteiger partial charge on any atom is 0.191 e. The second-order valence-electron chi connectivity index (χ2n) is 7.47. The quantitative estimate of drug-likeness (QED) is 0.460. The lowest BCUT2D eigenvalue weighted by Gasteiger charge is -2.31. The maximum atomic E-state index is 5.53. The number of piperidine rings is 1. The van der Waals surface area contributed by atoms with Gasteiger partial charge >= 0.3 is 0 Å². The summed E-state index contributed by atoms with van der Waals surface area (Å²) in [6.07, 6.45) is 2.37. The second-order valence-corrected chi connectivity index (χ2v) is 7.47. The Morgan fingerprint density at radius 1 is 1.21 bits per heavy atom. The summed E-state index contributed by atoms with van der Waals surface area (Å²) in [7, 11) is 5.13. The van der Waals surface area contributed by atoms with Crippen LogP contribution in [0.1, 0.15) is 38.3 Å². The van der Waals surface area contributed by atoms with Crippen molar-refractivity contribution in [2.75, 3.05) is 60.7 Å². The van der Waals surface area contributed by atoms with Crippen LogP contribution in [0.15, 0.2) is 23.2 Å². The lowest BCUT2D eigenvalue weighted by atomic mass is 9.97. The van der Waals surface area contributed by atoms with E-state index in [0.717, 1.165) is 62.4 Å². The molecule has 1 aromatic rings. The first kappa shape index (κ1) is 23.3. The van der Waals surface area contributed by atoms with Crippen molar-refractivity contribution in [3.63, 3.8) is 0 Å². The van der Waals surface area contributed by atoms with Gasteiger partial charge < -0.3 is 29.7 Å². The van der Waals surface area contributed by atoms with Crippen molar-refractivity contribution in [3.8, 4) is 11.5 Å². The van der Waals surface area contributed by atoms with Crippen LogP contribution in [0.5, 0.6) is 11.5 Å². The molecule has 2 rings (SSSR count). The molecule has 2 N–H and O–H groups in total. The molecular weight excluding hydrogens is 368 g/mol. The molecule has 1 unspecified atom stereocenters. The van der Waals surface area contributed by atoms with E-state index in [4.69, 9.17) is 19.2 Å². The van der Waals surface area contributed by atoms with E-state index in [1.165, 1.54) is 12.8 Å². The standard InChI is InChI=1S/C22H38N4O3/c1-6-23-22(24-16-18-9-11-26(12-10-18)13-14-27-3)25-17(2)20-15-19(28-4)7-8-21(20)29-5/h7-8,15,17-18H,6,9-14,16H2,1-5H3,(H2,23,24,25). The molecule has 0 amide bonds. The van der Waals surface area contributed by atoms with Gasteiger partial charge in [-0.1, -0.05) is 0 Å². The second kappa shape index (κ2) is 12.5. The van der Waals surface area contributed by atoms with E-state index >= 15 is 0 Å². The SMILES string of the molecule is CCNC(=NCC1CCN(CCOC)CC1)NC(C)c1cc(OC)ccc1OC. The number of ether oxygens (including phenoxy) is 3. The Labute approximate surface area is 175 Å². The average Bonchev–Trinajstić information content (AvgIpc) is 2.76. The molecule has 1 aliphatic rings. The number of likely N-dealkylation sites (tertiary alicyclic amines) is 1. The summed E-state index contributed by atoms with van der Waals surface area (Å²) < 4.78 is 16.1. The van der Waals surface area contributed by atoms with Crippen molar-refractivity contribution in [2.45, 2.75) is 32.7 Å². The summed E-state index contributed by atoms with van der Waals surface area (Å²) >= 11 is 0. The Balaban J connectivity index is 1.95. The fourth-order valence-electron chi connectivity index (χ4n) is 3.61. The van der Waals surface area contributed by atoms with E-state index in [9.17, 15) is 0 Å². The van der Waals surface area contributed by atoms with Crippen LogP contribution in [-0.4, -0.2) is 71.5 Å². The molecule has 0 bridgehead atoms. The molecule has 1 aromatic carbocycles. The molecule has 1 fully saturated rings. The predicted octanol–water partition coefficient (Wildman–Crippen LogP) is 2.68. The van der Waals surface area contributed by atoms with Gasteiger partial charge in [0.25, 0.3) is 0 Å². The summed E-state index contributed by atoms with van der Waals surface area (Å²) in [4.78, 5) is 7.34. The predicted molar refractivity (Wildman–Crippen MR) is 118 cm³/mol. The maximum absolute atomic E-state index is 5.53. The molecule has 0 spiro atoms. The highest BCUT2D eigenvalue weighted by atomic mass is 16.5. The number of aliphatic imine (C=N–C) groups is 1. The summed E-state index contributed by atoms with van der Waals surface area (Å²) in [5, 5.41) is 6.88. The van der Waals surface area contributed by atoms with Gasteiger partial charge in [-0.2, -0.15) is 0 Å². The van der Waals surface area contributed by atoms with Crippen LogP contribution in [0.25, 0.3) is 0 Å². The van der Waals surface area contributed by atoms with Gasteiger partial charge in [0.15, 0.2) is 5.96 Å². The van der Waals surface area contributed by atoms with Crippen LogP contribution in [0.2, 0.25) is 0 Å². The summed E-state index contributed by atoms with van der Waals surface area (Å²) in [6.45, 7) is 9.95. The van der Waals surface area contributed by atoms with Crippen LogP contribution in [0, 0.1) is 5.92 Å². The van der Waals surface area contributed by atoms with Gasteiger partial charge in [0.1, 0.15) is 11.5 Å². The van der Waals surface area contributed by atoms with E-state index in [0.29, 0.717) is 5.92 Å². The third-order valence-corrected chi connectivity index (χ3v) is 5.43. The van der Waals surface area contributed by atoms with Crippen LogP contribution in [0.4, 0.5) is 0 Å². The molecule has 1 saturated heterocycles. The molecule has 0 aromatic heterocycles. The molecule has 7 heteroatoms. The van der Waals surface area contributed by atoms with E-state index in [2.05, 4.69) is 29.4 Å². The first-order valence-electron chi connectivity index (χ1n) is 10.6. The number of methoxy groups -OCH3 is 3. The number of nitrogens with one attached hydrogen (secondary N) is 2. The topological polar surface area (TPSA) is 67.4 Å². The molecule has 0 aliphatic carbocycles. The molecule has 29 heavy (non-hydrogen) atoms. The third kappa shape index (κ3) is 7.40. The van der Waals surface area contributed by atoms with Crippen LogP contribution in [0.3, 0.4) is 0 Å². The highest BCUT2D eigenvalue weighted by molar-refractivity contribution is 5.80. The number of guanidine groups is 1. The monoisotopic (exact) mass is 406 g/mol. The van der Waals surface area contributed by atoms with Crippen LogP contribution >= 0.6 is 0 Å². The van der Waals surface area contributed by atoms with Gasteiger partial charge in [-0.15, -0.1) is 0 Å². The lowest BCUT2D eigenvalue weighted by molar-refractivity contribution is 0.121. The normalized spacial score (nSPS) is 17.1. The van der Waals surface area contributed by atoms with Crippen molar-refractivity contribution in [3.05, 3.63) is 23.8 Å². The third-order valence-electron chi connectivity index (χ3n) is 5.43. The minimum absolute atomic E-state index is 0.0359. The van der Waals surface area contributed by atoms with Gasteiger partial charge in [-0.05, 0) is 63.9 Å². The van der Waals surface area contributed by atoms with E-state index in [1.807, 2.05) is 18.2 Å². The van der Waals surface area contributed by atoms with Gasteiger partial charge in [-0.25, -0.2) is 0 Å². The van der Waals surface area contributed by atoms with Crippen molar-refractivity contribution in [1.82, 2.24) is 15.5 Å². The summed E-state index contributed by atoms with van der Waals surface area (Å²) in [5.74, 6) is 3.12. The molecule has 7 nitrogen and oxygen atoms in total. The van der Waals surface area contributed by atoms with Crippen molar-refractivity contribution in [2.24, 2.45) is 10.9 Å². The molecule has 1 atom stereocenters. The largest absolute Gasteiger partial charge is 0.497 e. The minimum atomic E-state index is 0.0359. The van der Waals surface area contributed by atoms with Crippen molar-refractivity contribution < 1.29 is 14.2 Å². The molecule has 0 radical (unpaired) electrons. The summed E-state index contributed by atoms with van der Waals surface area (Å²) in [5.41, 5.74) is 1.05. The smallest absolute Gasteiger partial charge is 0.191 e. The fraction of sp³-hybridized carbons (Fsp3) is 0.682. The lowest BCUT2D eigenvalue weighted by Crippen LogP contribution is -2.40. The zero-order valence-electron chi connectivity index (χ0n) is 18.7. The number of nitrogens with zero attached hydrogens (tertiary/aromatic N) is 2. The first-order valence-corrected chi connectivity index (χ1v) is 10.6. The number of benzene rings is 1. The Bertz CT molecular complexity index is 630. The van der Waals surface area contributed by atoms with Crippen LogP contribution < -0.4 is 20.1 Å². The zero-order valence-corrected chi connectivity index (χ0v) is 18.7. The number of rotatable bonds is 10. The fourth-order valence-corrected chi connectivity index (χ4v) is 3.61. The molecule has 1 aliphatic heterocycles. The average molecular weight is 407 g/mol. The van der Waals surface area contributed by atoms with E-state index in [1.54, 1.807) is 21.3 Å². The highest BCUT2D eigenvalue weighted by Crippen LogP contribution is 2.29.